The second-order valence-electron chi connectivity index (χ2n) is 14.8. The largest absolute Gasteiger partial charge is 0.492 e. The first kappa shape index (κ1) is 49.7. The Morgan fingerprint density at radius 2 is 1.50 bits per heavy atom. The molecule has 9 N–H and O–H groups in total. The van der Waals surface area contributed by atoms with Crippen molar-refractivity contribution in [1.82, 2.24) is 90.6 Å². The number of aromatic amines is 8. The van der Waals surface area contributed by atoms with E-state index in [1.54, 1.807) is 68.4 Å². The number of hydrogen-bond donors (Lipinski definition) is 9. The van der Waals surface area contributed by atoms with Crippen molar-refractivity contribution in [1.29, 1.82) is 10.5 Å². The van der Waals surface area contributed by atoms with Crippen LogP contribution < -0.4 is 21.5 Å². The minimum Gasteiger partial charge on any atom is -0.492 e. The van der Waals surface area contributed by atoms with Gasteiger partial charge < -0.3 is 19.8 Å². The molecule has 11 rings (SSSR count). The number of ether oxygens (including phenoxy) is 1. The van der Waals surface area contributed by atoms with Crippen molar-refractivity contribution in [3.05, 3.63) is 150 Å². The van der Waals surface area contributed by atoms with Crippen LogP contribution >= 0.6 is 23.6 Å². The van der Waals surface area contributed by atoms with Crippen molar-refractivity contribution in [3.8, 4) is 51.2 Å². The third-order valence-corrected chi connectivity index (χ3v) is 10.9. The van der Waals surface area contributed by atoms with Crippen LogP contribution in [0.1, 0.15) is 40.5 Å². The molecule has 10 aromatic heterocycles. The Morgan fingerprint density at radius 1 is 0.778 bits per heavy atom. The first-order valence-corrected chi connectivity index (χ1v) is 22.0. The number of nitrogens with one attached hydrogen (secondary N) is 8. The fourth-order valence-corrected chi connectivity index (χ4v) is 7.05. The summed E-state index contributed by atoms with van der Waals surface area (Å²) in [4.78, 5) is 77.8. The fourth-order valence-electron chi connectivity index (χ4n) is 5.94. The van der Waals surface area contributed by atoms with E-state index in [1.807, 2.05) is 32.0 Å². The maximum atomic E-state index is 11.1. The lowest BCUT2D eigenvalue weighted by molar-refractivity contribution is 0.0701. The fraction of sp³-hybridized carbons (Fsp3) is 0.114. The highest BCUT2D eigenvalue weighted by Crippen LogP contribution is 2.31. The maximum absolute atomic E-state index is 11.1. The number of aromatic carboxylic acids is 1. The second kappa shape index (κ2) is 23.2. The third-order valence-electron chi connectivity index (χ3n) is 9.34. The number of H-pyrrole nitrogens is 8. The van der Waals surface area contributed by atoms with E-state index < -0.39 is 17.2 Å². The number of hydrogen-bond acceptors (Lipinski definition) is 19. The van der Waals surface area contributed by atoms with Gasteiger partial charge in [-0.05, 0) is 55.3 Å². The quantitative estimate of drug-likeness (QED) is 0.0935. The second-order valence-corrected chi connectivity index (χ2v) is 16.2. The molecule has 0 unspecified atom stereocenters. The number of rotatable bonds is 7. The van der Waals surface area contributed by atoms with E-state index in [0.717, 1.165) is 33.5 Å². The Kier molecular flexibility index (Phi) is 16.0. The number of nitriles is 2. The average molecular weight is 1010 g/mol. The van der Waals surface area contributed by atoms with Crippen LogP contribution in [-0.4, -0.2) is 108 Å². The van der Waals surface area contributed by atoms with Gasteiger partial charge in [-0.2, -0.15) is 30.9 Å². The third kappa shape index (κ3) is 12.5. The molecule has 28 heteroatoms. The molecule has 360 valence electrons. The molecule has 0 saturated carbocycles. The zero-order valence-electron chi connectivity index (χ0n) is 37.6. The minimum atomic E-state index is -0.987. The highest BCUT2D eigenvalue weighted by atomic mass is 32.1. The highest BCUT2D eigenvalue weighted by Gasteiger charge is 2.17. The Hall–Kier alpha value is -10.2. The molecule has 72 heavy (non-hydrogen) atoms. The summed E-state index contributed by atoms with van der Waals surface area (Å²) in [6.45, 7) is 6.26. The molecular weight excluding hydrogens is 969 g/mol. The summed E-state index contributed by atoms with van der Waals surface area (Å²) < 4.78 is 6.19. The topological polar surface area (TPSA) is 401 Å². The number of aromatic nitrogens is 18. The van der Waals surface area contributed by atoms with Gasteiger partial charge in [-0.3, -0.25) is 44.9 Å². The van der Waals surface area contributed by atoms with E-state index >= 15 is 0 Å². The van der Waals surface area contributed by atoms with Gasteiger partial charge in [0, 0.05) is 35.3 Å². The maximum Gasteiger partial charge on any atom is 0.347 e. The van der Waals surface area contributed by atoms with E-state index in [2.05, 4.69) is 96.7 Å². The van der Waals surface area contributed by atoms with Crippen LogP contribution in [0.3, 0.4) is 0 Å². The van der Waals surface area contributed by atoms with Crippen molar-refractivity contribution in [3.63, 3.8) is 0 Å². The zero-order chi connectivity index (χ0) is 51.1. The van der Waals surface area contributed by atoms with Gasteiger partial charge >= 0.3 is 11.7 Å². The zero-order valence-corrected chi connectivity index (χ0v) is 39.2. The molecule has 1 aromatic carbocycles. The number of fused-ring (bicyclic) bond motifs is 3. The number of carboxylic acids is 1. The summed E-state index contributed by atoms with van der Waals surface area (Å²) >= 11 is 6.02. The molecule has 11 aromatic rings. The Morgan fingerprint density at radius 3 is 2.21 bits per heavy atom. The number of carbonyl (C=O) groups is 1. The summed E-state index contributed by atoms with van der Waals surface area (Å²) in [5.41, 5.74) is 4.16. The van der Waals surface area contributed by atoms with Gasteiger partial charge in [-0.25, -0.2) is 34.5 Å². The van der Waals surface area contributed by atoms with Crippen molar-refractivity contribution < 1.29 is 14.6 Å². The van der Waals surface area contributed by atoms with Gasteiger partial charge in [0.1, 0.15) is 60.2 Å². The molecule has 0 bridgehead atoms. The standard InChI is InChI=1S/C16H16N2O3S.C13H8N6.C5H4N4O2.C5H4N4O.C5H4N4S/c1-9(2)8-21-13-5-4-11(6-12(13)7-17)15-18-10(3)14(22-15)16(19)20;14-8-11-7-10(3-6-16-11)13-17-12(18-19-13)9-1-4-15-5-2-9;10-4-2-1-6-9-3(2)7-5(11)8-4;2*10-5-3-1-8-9-4(3)6-2-7-5/h4-6,9H,8H2,1-3H3,(H,19,20);1-7H,(H,17,18,19);1H,(H3,6,7,8,9,10,11);2*1-2H,(H2,6,7,8,9,10). The molecule has 0 fully saturated rings. The summed E-state index contributed by atoms with van der Waals surface area (Å²) in [6.07, 6.45) is 12.3. The lowest BCUT2D eigenvalue weighted by atomic mass is 10.1. The number of pyridine rings is 2. The first-order chi connectivity index (χ1) is 34.8. The molecule has 0 radical (unpaired) electrons. The molecule has 0 saturated heterocycles. The van der Waals surface area contributed by atoms with Crippen molar-refractivity contribution in [2.75, 3.05) is 6.61 Å². The van der Waals surface area contributed by atoms with Crippen LogP contribution in [0.25, 0.3) is 66.4 Å². The SMILES string of the molecule is Cc1nc(-c2ccc(OCC(C)C)c(C#N)c2)sc1C(=O)O.N#Cc1cc(-c2n[nH]c(-c3ccncc3)n2)ccn1.O=c1[nH]c(=O)c2cn[nH]c2[nH]1.O=c1[nH]cnc2[nH]ncc12.S=c1nc[nH]c2[nH]ncc12. The normalized spacial score (nSPS) is 10.4. The molecule has 26 nitrogen and oxygen atoms in total. The van der Waals surface area contributed by atoms with Crippen LogP contribution in [0, 0.1) is 40.1 Å². The summed E-state index contributed by atoms with van der Waals surface area (Å²) in [7, 11) is 0. The van der Waals surface area contributed by atoms with Crippen molar-refractivity contribution >= 4 is 62.6 Å². The number of aryl methyl sites for hydroxylation is 1. The monoisotopic (exact) mass is 1000 g/mol. The number of thiazole rings is 1. The summed E-state index contributed by atoms with van der Waals surface area (Å²) in [5.74, 6) is 1.11. The Balaban J connectivity index is 0.000000137. The molecule has 0 spiro atoms. The molecule has 0 atom stereocenters. The average Bonchev–Trinajstić information content (AvgIpc) is 4.26. The minimum absolute atomic E-state index is 0.168. The van der Waals surface area contributed by atoms with Crippen LogP contribution in [0.5, 0.6) is 5.75 Å². The van der Waals surface area contributed by atoms with Crippen LogP contribution in [0.2, 0.25) is 0 Å². The van der Waals surface area contributed by atoms with Crippen LogP contribution in [-0.2, 0) is 0 Å². The van der Waals surface area contributed by atoms with E-state index in [0.29, 0.717) is 84.2 Å². The van der Waals surface area contributed by atoms with Gasteiger partial charge in [0.15, 0.2) is 17.3 Å². The van der Waals surface area contributed by atoms with Gasteiger partial charge in [-0.15, -0.1) is 11.3 Å². The van der Waals surface area contributed by atoms with E-state index in [4.69, 9.17) is 27.3 Å². The molecule has 0 aliphatic heterocycles. The number of nitrogens with zero attached hydrogens (tertiary/aromatic N) is 12. The van der Waals surface area contributed by atoms with Gasteiger partial charge in [0.2, 0.25) is 0 Å². The Labute approximate surface area is 411 Å². The van der Waals surface area contributed by atoms with Gasteiger partial charge in [-0.1, -0.05) is 26.1 Å². The van der Waals surface area contributed by atoms with Crippen molar-refractivity contribution in [2.45, 2.75) is 20.8 Å². The lowest BCUT2D eigenvalue weighted by Gasteiger charge is -2.10. The van der Waals surface area contributed by atoms with Gasteiger partial charge in [0.05, 0.1) is 54.5 Å². The molecule has 10 heterocycles. The van der Waals surface area contributed by atoms with E-state index in [9.17, 15) is 24.4 Å². The molecule has 0 amide bonds. The summed E-state index contributed by atoms with van der Waals surface area (Å²) in [6, 6.07) is 16.4. The van der Waals surface area contributed by atoms with Crippen LogP contribution in [0.15, 0.2) is 107 Å². The predicted octanol–water partition coefficient (Wildman–Crippen LogP) is 5.12. The number of benzene rings is 1. The highest BCUT2D eigenvalue weighted by molar-refractivity contribution is 7.71. The number of carboxylic acid groups (broad SMARTS) is 1. The van der Waals surface area contributed by atoms with Gasteiger partial charge in [0.25, 0.3) is 11.1 Å². The van der Waals surface area contributed by atoms with Crippen molar-refractivity contribution in [2.24, 2.45) is 5.92 Å². The Bertz CT molecular complexity index is 3880. The van der Waals surface area contributed by atoms with Crippen LogP contribution in [0.4, 0.5) is 0 Å². The summed E-state index contributed by atoms with van der Waals surface area (Å²) in [5, 5.41) is 55.3. The molecular formula is C44H36N20O6S2. The lowest BCUT2D eigenvalue weighted by Crippen LogP contribution is -2.21. The molecule has 0 aliphatic rings. The van der Waals surface area contributed by atoms with E-state index in [-0.39, 0.29) is 10.4 Å². The molecule has 0 aliphatic carbocycles. The smallest absolute Gasteiger partial charge is 0.347 e. The van der Waals surface area contributed by atoms with E-state index in [1.165, 1.54) is 18.7 Å². The predicted molar refractivity (Wildman–Crippen MR) is 263 cm³/mol. The first-order valence-electron chi connectivity index (χ1n) is 20.8.